The van der Waals surface area contributed by atoms with Gasteiger partial charge in [-0.05, 0) is 26.8 Å². The van der Waals surface area contributed by atoms with Crippen LogP contribution in [0.1, 0.15) is 30.4 Å². The average molecular weight is 324 g/mol. The van der Waals surface area contributed by atoms with Gasteiger partial charge >= 0.3 is 0 Å². The van der Waals surface area contributed by atoms with Crippen molar-refractivity contribution in [1.29, 1.82) is 0 Å². The van der Waals surface area contributed by atoms with Crippen molar-refractivity contribution in [3.05, 3.63) is 33.7 Å². The van der Waals surface area contributed by atoms with Crippen LogP contribution in [-0.2, 0) is 6.54 Å². The van der Waals surface area contributed by atoms with E-state index in [0.717, 1.165) is 47.4 Å². The van der Waals surface area contributed by atoms with E-state index in [-0.39, 0.29) is 0 Å². The predicted molar refractivity (Wildman–Crippen MR) is 86.7 cm³/mol. The van der Waals surface area contributed by atoms with E-state index < -0.39 is 0 Å². The van der Waals surface area contributed by atoms with E-state index in [2.05, 4.69) is 21.7 Å². The summed E-state index contributed by atoms with van der Waals surface area (Å²) in [6.45, 7) is 7.79. The molecule has 0 bridgehead atoms. The smallest absolute Gasteiger partial charge is 0.196 e. The maximum Gasteiger partial charge on any atom is 0.196 e. The Morgan fingerprint density at radius 3 is 2.86 bits per heavy atom. The lowest BCUT2D eigenvalue weighted by Crippen LogP contribution is -2.17. The molecular weight excluding hydrogens is 306 g/mol. The number of fused-ring (bicyclic) bond motifs is 1. The minimum atomic E-state index is 0.707. The molecule has 0 unspecified atom stereocenters. The lowest BCUT2D eigenvalue weighted by atomic mass is 10.3. The van der Waals surface area contributed by atoms with Crippen LogP contribution in [0.4, 0.5) is 0 Å². The first-order valence-corrected chi connectivity index (χ1v) is 8.26. The van der Waals surface area contributed by atoms with Crippen LogP contribution < -0.4 is 5.32 Å². The van der Waals surface area contributed by atoms with Crippen molar-refractivity contribution in [2.45, 2.75) is 33.7 Å². The average Bonchev–Trinajstić information content (AvgIpc) is 3.11. The van der Waals surface area contributed by atoms with Crippen LogP contribution in [0.5, 0.6) is 0 Å². The summed E-state index contributed by atoms with van der Waals surface area (Å²) in [4.78, 5) is 5.69. The van der Waals surface area contributed by atoms with Crippen LogP contribution in [-0.4, -0.2) is 25.7 Å². The Morgan fingerprint density at radius 1 is 1.38 bits per heavy atom. The van der Waals surface area contributed by atoms with E-state index in [1.165, 1.54) is 0 Å². The Morgan fingerprint density at radius 2 is 2.19 bits per heavy atom. The molecule has 3 aromatic rings. The van der Waals surface area contributed by atoms with Crippen molar-refractivity contribution < 1.29 is 0 Å². The van der Waals surface area contributed by atoms with Gasteiger partial charge in [-0.2, -0.15) is 10.1 Å². The lowest BCUT2D eigenvalue weighted by Gasteiger charge is -2.07. The number of hydrogen-bond acceptors (Lipinski definition) is 4. The second kappa shape index (κ2) is 5.79. The maximum atomic E-state index is 6.27. The minimum absolute atomic E-state index is 0.707. The number of halogens is 1. The summed E-state index contributed by atoms with van der Waals surface area (Å²) in [6, 6.07) is 0. The van der Waals surface area contributed by atoms with Crippen molar-refractivity contribution in [3.8, 4) is 5.82 Å². The number of rotatable bonds is 5. The maximum absolute atomic E-state index is 6.27. The third-order valence-corrected chi connectivity index (χ3v) is 4.77. The normalized spacial score (nSPS) is 11.6. The molecule has 112 valence electrons. The van der Waals surface area contributed by atoms with E-state index in [4.69, 9.17) is 16.6 Å². The zero-order valence-corrected chi connectivity index (χ0v) is 13.9. The highest BCUT2D eigenvalue weighted by Gasteiger charge is 2.19. The highest BCUT2D eigenvalue weighted by molar-refractivity contribution is 7.15. The number of imidazole rings is 1. The van der Waals surface area contributed by atoms with Crippen LogP contribution in [0.2, 0.25) is 5.02 Å². The summed E-state index contributed by atoms with van der Waals surface area (Å²) >= 11 is 7.89. The summed E-state index contributed by atoms with van der Waals surface area (Å²) in [5.41, 5.74) is 2.87. The molecule has 0 spiro atoms. The fourth-order valence-electron chi connectivity index (χ4n) is 2.37. The molecule has 0 atom stereocenters. The molecule has 1 N–H and O–H groups in total. The van der Waals surface area contributed by atoms with E-state index in [0.29, 0.717) is 5.02 Å². The Hall–Kier alpha value is -1.37. The molecule has 3 aromatic heterocycles. The van der Waals surface area contributed by atoms with Gasteiger partial charge < -0.3 is 5.32 Å². The summed E-state index contributed by atoms with van der Waals surface area (Å²) in [7, 11) is 0. The van der Waals surface area contributed by atoms with Gasteiger partial charge in [0.25, 0.3) is 0 Å². The van der Waals surface area contributed by atoms with Gasteiger partial charge in [0.15, 0.2) is 10.8 Å². The van der Waals surface area contributed by atoms with E-state index in [9.17, 15) is 0 Å². The summed E-state index contributed by atoms with van der Waals surface area (Å²) in [6.07, 6.45) is 3.15. The number of nitrogens with zero attached hydrogens (tertiary/aromatic N) is 4. The summed E-state index contributed by atoms with van der Waals surface area (Å²) in [5.74, 6) is 0.859. The zero-order valence-electron chi connectivity index (χ0n) is 12.4. The molecule has 3 heterocycles. The van der Waals surface area contributed by atoms with E-state index in [1.807, 2.05) is 30.1 Å². The van der Waals surface area contributed by atoms with Crippen LogP contribution in [0, 0.1) is 13.8 Å². The Labute approximate surface area is 132 Å². The van der Waals surface area contributed by atoms with Gasteiger partial charge in [-0.25, -0.2) is 4.68 Å². The van der Waals surface area contributed by atoms with E-state index in [1.54, 1.807) is 11.3 Å². The highest BCUT2D eigenvalue weighted by Crippen LogP contribution is 2.26. The first kappa shape index (κ1) is 14.6. The Kier molecular flexibility index (Phi) is 4.01. The van der Waals surface area contributed by atoms with Gasteiger partial charge in [0.05, 0.1) is 22.1 Å². The largest absolute Gasteiger partial charge is 0.311 e. The van der Waals surface area contributed by atoms with Gasteiger partial charge in [0.1, 0.15) is 0 Å². The first-order valence-electron chi connectivity index (χ1n) is 7.00. The molecule has 0 fully saturated rings. The van der Waals surface area contributed by atoms with Crippen LogP contribution >= 0.6 is 22.9 Å². The van der Waals surface area contributed by atoms with Gasteiger partial charge in [0.2, 0.25) is 0 Å². The fourth-order valence-corrected chi connectivity index (χ4v) is 3.21. The summed E-state index contributed by atoms with van der Waals surface area (Å²) < 4.78 is 3.97. The molecule has 7 heteroatoms. The number of thiazole rings is 1. The van der Waals surface area contributed by atoms with Gasteiger partial charge in [0, 0.05) is 18.1 Å². The number of aromatic nitrogens is 4. The third kappa shape index (κ3) is 2.47. The van der Waals surface area contributed by atoms with Crippen molar-refractivity contribution >= 4 is 27.9 Å². The van der Waals surface area contributed by atoms with Gasteiger partial charge in [-0.3, -0.25) is 4.40 Å². The topological polar surface area (TPSA) is 47.2 Å². The summed E-state index contributed by atoms with van der Waals surface area (Å²) in [5, 5.41) is 10.7. The molecule has 21 heavy (non-hydrogen) atoms. The van der Waals surface area contributed by atoms with Crippen molar-refractivity contribution in [2.24, 2.45) is 0 Å². The molecule has 0 amide bonds. The number of aryl methyl sites for hydroxylation is 1. The molecule has 0 radical (unpaired) electrons. The van der Waals surface area contributed by atoms with E-state index >= 15 is 0 Å². The quantitative estimate of drug-likeness (QED) is 0.732. The lowest BCUT2D eigenvalue weighted by molar-refractivity contribution is 0.653. The molecule has 0 aliphatic carbocycles. The molecule has 0 aliphatic rings. The van der Waals surface area contributed by atoms with Gasteiger partial charge in [-0.1, -0.05) is 18.5 Å². The second-order valence-corrected chi connectivity index (χ2v) is 6.26. The second-order valence-electron chi connectivity index (χ2n) is 5.01. The number of nitrogens with one attached hydrogen (secondary N) is 1. The van der Waals surface area contributed by atoms with Crippen molar-refractivity contribution in [2.75, 3.05) is 6.54 Å². The molecule has 5 nitrogen and oxygen atoms in total. The van der Waals surface area contributed by atoms with Crippen LogP contribution in [0.15, 0.2) is 11.6 Å². The predicted octanol–water partition coefficient (Wildman–Crippen LogP) is 3.35. The minimum Gasteiger partial charge on any atom is -0.311 e. The van der Waals surface area contributed by atoms with Crippen molar-refractivity contribution in [3.63, 3.8) is 0 Å². The molecular formula is C14H18ClN5S. The molecule has 0 aliphatic heterocycles. The standard InChI is InChI=1S/C14H18ClN5S/c1-4-5-16-8-11-13(17-14-19(11)6-7-21-14)20-10(3)12(15)9(2)18-20/h6-7,16H,4-5,8H2,1-3H3. The van der Waals surface area contributed by atoms with Crippen LogP contribution in [0.3, 0.4) is 0 Å². The SMILES string of the molecule is CCCNCc1c(-n2nc(C)c(Cl)c2C)nc2sccn12. The highest BCUT2D eigenvalue weighted by atomic mass is 35.5. The molecule has 3 rings (SSSR count). The Bertz CT molecular complexity index is 770. The van der Waals surface area contributed by atoms with Gasteiger partial charge in [-0.15, -0.1) is 11.3 Å². The third-order valence-electron chi connectivity index (χ3n) is 3.46. The monoisotopic (exact) mass is 323 g/mol. The fraction of sp³-hybridized carbons (Fsp3) is 0.429. The van der Waals surface area contributed by atoms with Crippen molar-refractivity contribution in [1.82, 2.24) is 24.5 Å². The molecule has 0 saturated heterocycles. The zero-order chi connectivity index (χ0) is 15.0. The molecule has 0 saturated carbocycles. The number of hydrogen-bond donors (Lipinski definition) is 1. The Balaban J connectivity index is 2.10. The van der Waals surface area contributed by atoms with Crippen LogP contribution in [0.25, 0.3) is 10.8 Å². The first-order chi connectivity index (χ1) is 10.1. The molecule has 0 aromatic carbocycles.